The van der Waals surface area contributed by atoms with E-state index in [0.29, 0.717) is 42.9 Å². The first-order valence-electron chi connectivity index (χ1n) is 6.73. The van der Waals surface area contributed by atoms with Crippen LogP contribution in [0.3, 0.4) is 0 Å². The zero-order valence-corrected chi connectivity index (χ0v) is 14.1. The molecule has 1 aromatic carbocycles. The molecular weight excluding hydrogens is 326 g/mol. The molecule has 2 N–H and O–H groups in total. The summed E-state index contributed by atoms with van der Waals surface area (Å²) in [5, 5.41) is 5.98. The maximum absolute atomic E-state index is 12.9. The van der Waals surface area contributed by atoms with Gasteiger partial charge in [-0.25, -0.2) is 8.42 Å². The number of sulfonamides is 1. The fourth-order valence-corrected chi connectivity index (χ4v) is 3.74. The topological polar surface area (TPSA) is 79.9 Å². The number of anilines is 1. The van der Waals surface area contributed by atoms with Crippen LogP contribution in [-0.4, -0.2) is 58.3 Å². The number of morpholine rings is 1. The van der Waals surface area contributed by atoms with E-state index in [1.807, 2.05) is 0 Å². The van der Waals surface area contributed by atoms with E-state index < -0.39 is 10.0 Å². The van der Waals surface area contributed by atoms with Crippen LogP contribution in [0.1, 0.15) is 0 Å². The van der Waals surface area contributed by atoms with Gasteiger partial charge in [0.2, 0.25) is 10.0 Å². The molecule has 2 rings (SSSR count). The van der Waals surface area contributed by atoms with Gasteiger partial charge in [0, 0.05) is 26.2 Å². The first kappa shape index (κ1) is 16.9. The van der Waals surface area contributed by atoms with E-state index in [4.69, 9.17) is 21.7 Å². The van der Waals surface area contributed by atoms with Gasteiger partial charge >= 0.3 is 0 Å². The molecule has 7 nitrogen and oxygen atoms in total. The summed E-state index contributed by atoms with van der Waals surface area (Å²) in [5.74, 6) is 0.466. The molecular formula is C13H19N3O4S2. The number of nitrogens with zero attached hydrogens (tertiary/aromatic N) is 1. The van der Waals surface area contributed by atoms with Crippen LogP contribution < -0.4 is 15.4 Å². The van der Waals surface area contributed by atoms with Gasteiger partial charge in [-0.15, -0.1) is 0 Å². The average Bonchev–Trinajstić information content (AvgIpc) is 2.55. The summed E-state index contributed by atoms with van der Waals surface area (Å²) in [4.78, 5) is 0.131. The number of nitrogens with one attached hydrogen (secondary N) is 2. The van der Waals surface area contributed by atoms with Crippen LogP contribution in [0.5, 0.6) is 5.75 Å². The van der Waals surface area contributed by atoms with E-state index in [0.717, 1.165) is 0 Å². The van der Waals surface area contributed by atoms with E-state index in [9.17, 15) is 8.42 Å². The number of hydrogen-bond acceptors (Lipinski definition) is 5. The van der Waals surface area contributed by atoms with Gasteiger partial charge in [0.05, 0.1) is 26.0 Å². The van der Waals surface area contributed by atoms with Crippen LogP contribution in [0.2, 0.25) is 0 Å². The lowest BCUT2D eigenvalue weighted by Crippen LogP contribution is -2.41. The second-order valence-electron chi connectivity index (χ2n) is 4.58. The summed E-state index contributed by atoms with van der Waals surface area (Å²) in [7, 11) is -0.502. The Kier molecular flexibility index (Phi) is 5.57. The molecule has 1 aliphatic heterocycles. The second-order valence-corrected chi connectivity index (χ2v) is 6.90. The third-order valence-electron chi connectivity index (χ3n) is 3.25. The van der Waals surface area contributed by atoms with Gasteiger partial charge in [0.1, 0.15) is 10.6 Å². The molecule has 22 heavy (non-hydrogen) atoms. The number of benzene rings is 1. The number of rotatable bonds is 4. The van der Waals surface area contributed by atoms with Crippen LogP contribution in [0.15, 0.2) is 23.1 Å². The molecule has 0 spiro atoms. The minimum absolute atomic E-state index is 0.131. The van der Waals surface area contributed by atoms with Crippen molar-refractivity contribution in [1.82, 2.24) is 9.62 Å². The molecule has 122 valence electrons. The summed E-state index contributed by atoms with van der Waals surface area (Å²) in [6.45, 7) is 1.44. The van der Waals surface area contributed by atoms with Crippen LogP contribution in [0.25, 0.3) is 0 Å². The van der Waals surface area contributed by atoms with Crippen LogP contribution in [-0.2, 0) is 14.8 Å². The van der Waals surface area contributed by atoms with Crippen molar-refractivity contribution in [3.8, 4) is 5.75 Å². The third kappa shape index (κ3) is 3.67. The molecule has 0 aromatic heterocycles. The average molecular weight is 345 g/mol. The molecule has 0 bridgehead atoms. The van der Waals surface area contributed by atoms with Gasteiger partial charge < -0.3 is 20.1 Å². The molecule has 0 amide bonds. The van der Waals surface area contributed by atoms with Crippen molar-refractivity contribution in [2.75, 3.05) is 45.8 Å². The minimum Gasteiger partial charge on any atom is -0.497 e. The Bertz CT molecular complexity index is 643. The Balaban J connectivity index is 2.43. The molecule has 1 aromatic rings. The summed E-state index contributed by atoms with van der Waals surface area (Å²) in [6, 6.07) is 4.81. The highest BCUT2D eigenvalue weighted by Crippen LogP contribution is 2.29. The molecule has 0 atom stereocenters. The summed E-state index contributed by atoms with van der Waals surface area (Å²) < 4.78 is 37.5. The van der Waals surface area contributed by atoms with E-state index in [1.165, 1.54) is 17.5 Å². The first-order valence-corrected chi connectivity index (χ1v) is 8.58. The highest BCUT2D eigenvalue weighted by Gasteiger charge is 2.29. The fraction of sp³-hybridized carbons (Fsp3) is 0.462. The number of thiocarbonyl (C=S) groups is 1. The SMILES string of the molecule is CNC(=S)Nc1ccc(OC)cc1S(=O)(=O)N1CCOCC1. The number of ether oxygens (including phenoxy) is 2. The molecule has 0 saturated carbocycles. The molecule has 1 heterocycles. The third-order valence-corrected chi connectivity index (χ3v) is 5.50. The Hall–Kier alpha value is -1.42. The quantitative estimate of drug-likeness (QED) is 0.775. The van der Waals surface area contributed by atoms with E-state index in [2.05, 4.69) is 10.6 Å². The fourth-order valence-electron chi connectivity index (χ4n) is 2.06. The Morgan fingerprint density at radius 2 is 2.05 bits per heavy atom. The van der Waals surface area contributed by atoms with Crippen molar-refractivity contribution < 1.29 is 17.9 Å². The molecule has 1 saturated heterocycles. The minimum atomic E-state index is -3.66. The van der Waals surface area contributed by atoms with E-state index in [-0.39, 0.29) is 4.90 Å². The van der Waals surface area contributed by atoms with Gasteiger partial charge in [-0.2, -0.15) is 4.31 Å². The maximum atomic E-state index is 12.9. The predicted molar refractivity (Wildman–Crippen MR) is 87.9 cm³/mol. The number of hydrogen-bond donors (Lipinski definition) is 2. The summed E-state index contributed by atoms with van der Waals surface area (Å²) in [5.41, 5.74) is 0.409. The van der Waals surface area contributed by atoms with Gasteiger partial charge in [-0.05, 0) is 24.4 Å². The lowest BCUT2D eigenvalue weighted by Gasteiger charge is -2.27. The van der Waals surface area contributed by atoms with Crippen LogP contribution >= 0.6 is 12.2 Å². The summed E-state index contributed by atoms with van der Waals surface area (Å²) in [6.07, 6.45) is 0. The van der Waals surface area contributed by atoms with Crippen molar-refractivity contribution in [1.29, 1.82) is 0 Å². The van der Waals surface area contributed by atoms with Crippen LogP contribution in [0.4, 0.5) is 5.69 Å². The van der Waals surface area contributed by atoms with Gasteiger partial charge in [0.15, 0.2) is 5.11 Å². The lowest BCUT2D eigenvalue weighted by atomic mass is 10.3. The molecule has 1 fully saturated rings. The Labute approximate surface area is 135 Å². The zero-order valence-electron chi connectivity index (χ0n) is 12.5. The molecule has 0 unspecified atom stereocenters. The molecule has 9 heteroatoms. The van der Waals surface area contributed by atoms with Crippen molar-refractivity contribution in [3.05, 3.63) is 18.2 Å². The zero-order chi connectivity index (χ0) is 16.2. The maximum Gasteiger partial charge on any atom is 0.245 e. The smallest absolute Gasteiger partial charge is 0.245 e. The van der Waals surface area contributed by atoms with E-state index >= 15 is 0 Å². The lowest BCUT2D eigenvalue weighted by molar-refractivity contribution is 0.0730. The molecule has 0 radical (unpaired) electrons. The van der Waals surface area contributed by atoms with Crippen molar-refractivity contribution in [3.63, 3.8) is 0 Å². The highest BCUT2D eigenvalue weighted by molar-refractivity contribution is 7.89. The van der Waals surface area contributed by atoms with Gasteiger partial charge in [-0.3, -0.25) is 0 Å². The Morgan fingerprint density at radius 3 is 2.64 bits per heavy atom. The normalized spacial score (nSPS) is 16.1. The summed E-state index contributed by atoms with van der Waals surface area (Å²) >= 11 is 5.06. The highest BCUT2D eigenvalue weighted by atomic mass is 32.2. The van der Waals surface area contributed by atoms with Crippen molar-refractivity contribution in [2.45, 2.75) is 4.90 Å². The first-order chi connectivity index (χ1) is 10.5. The van der Waals surface area contributed by atoms with E-state index in [1.54, 1.807) is 19.2 Å². The van der Waals surface area contributed by atoms with Gasteiger partial charge in [0.25, 0.3) is 0 Å². The van der Waals surface area contributed by atoms with Crippen molar-refractivity contribution in [2.24, 2.45) is 0 Å². The standard InChI is InChI=1S/C13H19N3O4S2/c1-14-13(21)15-11-4-3-10(19-2)9-12(11)22(17,18)16-5-7-20-8-6-16/h3-4,9H,5-8H2,1-2H3,(H2,14,15,21). The van der Waals surface area contributed by atoms with Crippen LogP contribution in [0, 0.1) is 0 Å². The number of methoxy groups -OCH3 is 1. The molecule has 0 aliphatic carbocycles. The Morgan fingerprint density at radius 1 is 1.36 bits per heavy atom. The predicted octanol–water partition coefficient (Wildman–Crippen LogP) is 0.632. The van der Waals surface area contributed by atoms with Gasteiger partial charge in [-0.1, -0.05) is 0 Å². The molecule has 1 aliphatic rings. The largest absolute Gasteiger partial charge is 0.497 e. The van der Waals surface area contributed by atoms with Crippen molar-refractivity contribution >= 4 is 33.0 Å². The second kappa shape index (κ2) is 7.23. The monoisotopic (exact) mass is 345 g/mol.